The summed E-state index contributed by atoms with van der Waals surface area (Å²) in [6, 6.07) is 19.9. The van der Waals surface area contributed by atoms with Crippen LogP contribution in [0.3, 0.4) is 0 Å². The maximum Gasteiger partial charge on any atom is 0.414 e. The smallest absolute Gasteiger partial charge is 0.414 e. The van der Waals surface area contributed by atoms with Gasteiger partial charge in [0.2, 0.25) is 0 Å². The Balaban J connectivity index is 0.000000469. The highest BCUT2D eigenvalue weighted by atomic mass is 16.5. The van der Waals surface area contributed by atoms with Crippen molar-refractivity contribution in [2.75, 3.05) is 7.11 Å². The van der Waals surface area contributed by atoms with Crippen LogP contribution >= 0.6 is 0 Å². The molecule has 3 aromatic rings. The van der Waals surface area contributed by atoms with Crippen LogP contribution < -0.4 is 14.8 Å². The molecule has 3 N–H and O–H groups in total. The fraction of sp³-hybridized carbons (Fsp3) is 0.182. The molecule has 0 aliphatic carbocycles. The van der Waals surface area contributed by atoms with Crippen LogP contribution in [0.25, 0.3) is 0 Å². The van der Waals surface area contributed by atoms with Crippen LogP contribution in [0.15, 0.2) is 71.3 Å². The van der Waals surface area contributed by atoms with E-state index in [1.54, 1.807) is 13.4 Å². The number of carbonyl (C=O) groups is 2. The highest BCUT2D eigenvalue weighted by molar-refractivity contribution is 6.27. The molecular formula is C22H23NO7. The number of aliphatic carboxylic acids is 2. The standard InChI is InChI=1S/C20H21NO3.C2H2O4/c1-22-20-12-17(13-21-14-18-8-5-11-23-18)9-10-19(20)24-15-16-6-3-2-4-7-16;3-1(4)2(5)6/h2-12,21H,13-15H2,1H3;(H,3,4)(H,5,6). The molecule has 0 aliphatic rings. The van der Waals surface area contributed by atoms with Gasteiger partial charge in [-0.05, 0) is 35.4 Å². The summed E-state index contributed by atoms with van der Waals surface area (Å²) in [5.41, 5.74) is 2.26. The molecule has 0 atom stereocenters. The Morgan fingerprint density at radius 1 is 0.900 bits per heavy atom. The fourth-order valence-corrected chi connectivity index (χ4v) is 2.42. The van der Waals surface area contributed by atoms with Crippen molar-refractivity contribution in [3.8, 4) is 11.5 Å². The number of hydrogen-bond donors (Lipinski definition) is 3. The lowest BCUT2D eigenvalue weighted by atomic mass is 10.2. The van der Waals surface area contributed by atoms with Gasteiger partial charge < -0.3 is 29.4 Å². The SMILES string of the molecule is COc1cc(CNCc2ccco2)ccc1OCc1ccccc1.O=C(O)C(=O)O. The van der Waals surface area contributed by atoms with Crippen molar-refractivity contribution in [2.24, 2.45) is 0 Å². The summed E-state index contributed by atoms with van der Waals surface area (Å²) in [7, 11) is 1.66. The normalized spacial score (nSPS) is 9.90. The lowest BCUT2D eigenvalue weighted by molar-refractivity contribution is -0.159. The molecule has 30 heavy (non-hydrogen) atoms. The minimum Gasteiger partial charge on any atom is -0.493 e. The van der Waals surface area contributed by atoms with Crippen molar-refractivity contribution >= 4 is 11.9 Å². The summed E-state index contributed by atoms with van der Waals surface area (Å²) in [5.74, 6) is -1.24. The molecule has 0 amide bonds. The molecule has 0 saturated carbocycles. The molecule has 1 heterocycles. The molecule has 3 rings (SSSR count). The maximum absolute atomic E-state index is 9.10. The van der Waals surface area contributed by atoms with Crippen molar-refractivity contribution in [1.29, 1.82) is 0 Å². The zero-order valence-electron chi connectivity index (χ0n) is 16.4. The first kappa shape index (κ1) is 22.5. The molecule has 1 aromatic heterocycles. The summed E-state index contributed by atoms with van der Waals surface area (Å²) in [4.78, 5) is 18.2. The minimum atomic E-state index is -1.82. The van der Waals surface area contributed by atoms with Gasteiger partial charge in [0.05, 0.1) is 19.9 Å². The summed E-state index contributed by atoms with van der Waals surface area (Å²) in [5, 5.41) is 18.1. The third-order valence-corrected chi connectivity index (χ3v) is 3.86. The lowest BCUT2D eigenvalue weighted by Gasteiger charge is -2.12. The first-order valence-electron chi connectivity index (χ1n) is 9.02. The average molecular weight is 413 g/mol. The van der Waals surface area contributed by atoms with E-state index in [0.717, 1.165) is 34.9 Å². The Morgan fingerprint density at radius 3 is 2.23 bits per heavy atom. The van der Waals surface area contributed by atoms with Gasteiger partial charge in [-0.25, -0.2) is 9.59 Å². The number of carboxylic acids is 2. The lowest BCUT2D eigenvalue weighted by Crippen LogP contribution is -2.12. The Morgan fingerprint density at radius 2 is 1.63 bits per heavy atom. The molecule has 0 spiro atoms. The van der Waals surface area contributed by atoms with E-state index >= 15 is 0 Å². The van der Waals surface area contributed by atoms with Crippen LogP contribution in [0.5, 0.6) is 11.5 Å². The molecule has 158 valence electrons. The van der Waals surface area contributed by atoms with E-state index in [-0.39, 0.29) is 0 Å². The van der Waals surface area contributed by atoms with Gasteiger partial charge in [0, 0.05) is 6.54 Å². The van der Waals surface area contributed by atoms with Crippen LogP contribution in [-0.2, 0) is 29.3 Å². The summed E-state index contributed by atoms with van der Waals surface area (Å²) in [6.07, 6.45) is 1.68. The Bertz CT molecular complexity index is 912. The van der Waals surface area contributed by atoms with Gasteiger partial charge in [0.15, 0.2) is 11.5 Å². The Kier molecular flexibility index (Phi) is 8.95. The van der Waals surface area contributed by atoms with Gasteiger partial charge >= 0.3 is 11.9 Å². The van der Waals surface area contributed by atoms with E-state index in [0.29, 0.717) is 13.2 Å². The highest BCUT2D eigenvalue weighted by Gasteiger charge is 2.07. The molecular weight excluding hydrogens is 390 g/mol. The number of nitrogens with one attached hydrogen (secondary N) is 1. The maximum atomic E-state index is 9.10. The van der Waals surface area contributed by atoms with Crippen LogP contribution in [0, 0.1) is 0 Å². The molecule has 0 aliphatic heterocycles. The molecule has 0 fully saturated rings. The Labute approximate surface area is 173 Å². The van der Waals surface area contributed by atoms with Crippen molar-refractivity contribution in [2.45, 2.75) is 19.7 Å². The number of carboxylic acid groups (broad SMARTS) is 2. The van der Waals surface area contributed by atoms with Crippen LogP contribution in [0.2, 0.25) is 0 Å². The van der Waals surface area contributed by atoms with Crippen molar-refractivity contribution < 1.29 is 33.7 Å². The Hall–Kier alpha value is -3.78. The first-order valence-corrected chi connectivity index (χ1v) is 9.02. The molecule has 8 nitrogen and oxygen atoms in total. The van der Waals surface area contributed by atoms with Gasteiger partial charge in [-0.15, -0.1) is 0 Å². The van der Waals surface area contributed by atoms with E-state index in [9.17, 15) is 0 Å². The van der Waals surface area contributed by atoms with Crippen molar-refractivity contribution in [3.05, 3.63) is 83.8 Å². The predicted octanol–water partition coefficient (Wildman–Crippen LogP) is 3.31. The van der Waals surface area contributed by atoms with Gasteiger partial charge in [-0.2, -0.15) is 0 Å². The summed E-state index contributed by atoms with van der Waals surface area (Å²) >= 11 is 0. The van der Waals surface area contributed by atoms with E-state index in [1.165, 1.54) is 0 Å². The second-order valence-corrected chi connectivity index (χ2v) is 6.05. The number of furan rings is 1. The topological polar surface area (TPSA) is 118 Å². The second kappa shape index (κ2) is 11.9. The quantitative estimate of drug-likeness (QED) is 0.482. The largest absolute Gasteiger partial charge is 0.493 e. The molecule has 8 heteroatoms. The van der Waals surface area contributed by atoms with Crippen molar-refractivity contribution in [1.82, 2.24) is 5.32 Å². The number of methoxy groups -OCH3 is 1. The molecule has 2 aromatic carbocycles. The zero-order valence-corrected chi connectivity index (χ0v) is 16.4. The average Bonchev–Trinajstić information content (AvgIpc) is 3.27. The number of ether oxygens (including phenoxy) is 2. The molecule has 0 unspecified atom stereocenters. The fourth-order valence-electron chi connectivity index (χ4n) is 2.42. The molecule has 0 bridgehead atoms. The minimum absolute atomic E-state index is 0.521. The van der Waals surface area contributed by atoms with E-state index in [4.69, 9.17) is 33.7 Å². The van der Waals surface area contributed by atoms with Crippen LogP contribution in [0.1, 0.15) is 16.9 Å². The monoisotopic (exact) mass is 413 g/mol. The number of rotatable bonds is 8. The summed E-state index contributed by atoms with van der Waals surface area (Å²) < 4.78 is 16.6. The first-order chi connectivity index (χ1) is 14.5. The van der Waals surface area contributed by atoms with Gasteiger partial charge in [0.25, 0.3) is 0 Å². The predicted molar refractivity (Wildman–Crippen MR) is 108 cm³/mol. The third kappa shape index (κ3) is 7.69. The van der Waals surface area contributed by atoms with E-state index in [2.05, 4.69) is 5.32 Å². The summed E-state index contributed by atoms with van der Waals surface area (Å²) in [6.45, 7) is 1.95. The second-order valence-electron chi connectivity index (χ2n) is 6.05. The highest BCUT2D eigenvalue weighted by Crippen LogP contribution is 2.28. The third-order valence-electron chi connectivity index (χ3n) is 3.86. The number of hydrogen-bond acceptors (Lipinski definition) is 6. The van der Waals surface area contributed by atoms with Crippen LogP contribution in [0.4, 0.5) is 0 Å². The van der Waals surface area contributed by atoms with Crippen LogP contribution in [-0.4, -0.2) is 29.3 Å². The van der Waals surface area contributed by atoms with E-state index < -0.39 is 11.9 Å². The van der Waals surface area contributed by atoms with Gasteiger partial charge in [0.1, 0.15) is 12.4 Å². The zero-order chi connectivity index (χ0) is 21.8. The van der Waals surface area contributed by atoms with Gasteiger partial charge in [-0.1, -0.05) is 36.4 Å². The molecule has 0 saturated heterocycles. The van der Waals surface area contributed by atoms with Crippen molar-refractivity contribution in [3.63, 3.8) is 0 Å². The molecule has 0 radical (unpaired) electrons. The van der Waals surface area contributed by atoms with E-state index in [1.807, 2.05) is 60.7 Å². The number of benzene rings is 2. The van der Waals surface area contributed by atoms with Gasteiger partial charge in [-0.3, -0.25) is 0 Å².